The molecule has 37 heavy (non-hydrogen) atoms. The smallest absolute Gasteiger partial charge is 0.338 e. The maximum absolute atomic E-state index is 13.6. The summed E-state index contributed by atoms with van der Waals surface area (Å²) in [4.78, 5) is 41.6. The fourth-order valence-electron chi connectivity index (χ4n) is 3.65. The zero-order chi connectivity index (χ0) is 26.5. The number of thioether (sulfide) groups is 1. The second-order valence-corrected chi connectivity index (χ2v) is 9.73. The average molecular weight is 517 g/mol. The van der Waals surface area contributed by atoms with E-state index >= 15 is 0 Å². The molecule has 190 valence electrons. The van der Waals surface area contributed by atoms with Crippen LogP contribution in [-0.4, -0.2) is 30.5 Å². The second kappa shape index (κ2) is 11.3. The number of esters is 1. The van der Waals surface area contributed by atoms with Crippen molar-refractivity contribution in [2.45, 2.75) is 38.7 Å². The van der Waals surface area contributed by atoms with Crippen LogP contribution < -0.4 is 15.0 Å². The highest BCUT2D eigenvalue weighted by Gasteiger charge is 2.40. The van der Waals surface area contributed by atoms with Gasteiger partial charge in [0.1, 0.15) is 16.4 Å². The lowest BCUT2D eigenvalue weighted by atomic mass is 10.2. The van der Waals surface area contributed by atoms with Crippen molar-refractivity contribution < 1.29 is 23.9 Å². The maximum Gasteiger partial charge on any atom is 0.338 e. The minimum atomic E-state index is -0.481. The molecule has 0 atom stereocenters. The van der Waals surface area contributed by atoms with E-state index in [1.165, 1.54) is 11.8 Å². The van der Waals surface area contributed by atoms with Crippen LogP contribution in [-0.2, 0) is 14.3 Å². The summed E-state index contributed by atoms with van der Waals surface area (Å²) in [6.45, 7) is 7.98. The number of benzene rings is 3. The average Bonchev–Trinajstić information content (AvgIpc) is 3.10. The van der Waals surface area contributed by atoms with Gasteiger partial charge in [0.15, 0.2) is 0 Å². The number of amides is 2. The molecule has 1 heterocycles. The number of carbonyl (C=O) groups is 3. The lowest BCUT2D eigenvalue weighted by Gasteiger charge is -2.16. The second-order valence-electron chi connectivity index (χ2n) is 8.65. The van der Waals surface area contributed by atoms with E-state index in [1.54, 1.807) is 62.4 Å². The van der Waals surface area contributed by atoms with E-state index < -0.39 is 17.8 Å². The standard InChI is InChI=1S/C29H28N2O5S/c1-5-35-23-14-10-21(11-15-23)30-25-26(37-24-16-6-19(4)7-17-24)28(33)31(27(25)32)22-12-8-20(9-13-22)29(34)36-18(2)3/h6-18,30H,5H2,1-4H3. The molecule has 2 amide bonds. The van der Waals surface area contributed by atoms with Gasteiger partial charge in [-0.05, 0) is 88.4 Å². The third kappa shape index (κ3) is 6.03. The first-order chi connectivity index (χ1) is 17.8. The Hall–Kier alpha value is -4.04. The molecular formula is C29H28N2O5S. The number of anilines is 2. The van der Waals surface area contributed by atoms with E-state index in [-0.39, 0.29) is 16.7 Å². The molecule has 0 saturated heterocycles. The fourth-order valence-corrected chi connectivity index (χ4v) is 4.57. The molecule has 3 aromatic rings. The van der Waals surface area contributed by atoms with Crippen molar-refractivity contribution in [1.29, 1.82) is 0 Å². The monoisotopic (exact) mass is 516 g/mol. The van der Waals surface area contributed by atoms with Gasteiger partial charge in [0, 0.05) is 10.6 Å². The molecule has 0 aromatic heterocycles. The Morgan fingerprint density at radius 2 is 1.57 bits per heavy atom. The topological polar surface area (TPSA) is 84.9 Å². The molecule has 4 rings (SSSR count). The van der Waals surface area contributed by atoms with Crippen LogP contribution in [0.15, 0.2) is 88.3 Å². The van der Waals surface area contributed by atoms with Gasteiger partial charge in [-0.3, -0.25) is 9.59 Å². The lowest BCUT2D eigenvalue weighted by molar-refractivity contribution is -0.120. The number of nitrogens with one attached hydrogen (secondary N) is 1. The predicted octanol–water partition coefficient (Wildman–Crippen LogP) is 5.95. The Bertz CT molecular complexity index is 1330. The summed E-state index contributed by atoms with van der Waals surface area (Å²) >= 11 is 1.23. The van der Waals surface area contributed by atoms with E-state index in [0.717, 1.165) is 15.4 Å². The Morgan fingerprint density at radius 1 is 0.919 bits per heavy atom. The summed E-state index contributed by atoms with van der Waals surface area (Å²) in [5.41, 5.74) is 2.63. The third-order valence-electron chi connectivity index (χ3n) is 5.42. The van der Waals surface area contributed by atoms with Crippen LogP contribution in [0.1, 0.15) is 36.7 Å². The van der Waals surface area contributed by atoms with Crippen LogP contribution in [0.5, 0.6) is 5.75 Å². The lowest BCUT2D eigenvalue weighted by Crippen LogP contribution is -2.32. The normalized spacial score (nSPS) is 13.4. The molecule has 0 radical (unpaired) electrons. The third-order valence-corrected chi connectivity index (χ3v) is 6.51. The van der Waals surface area contributed by atoms with Crippen molar-refractivity contribution in [3.8, 4) is 5.75 Å². The predicted molar refractivity (Wildman–Crippen MR) is 145 cm³/mol. The number of hydrogen-bond donors (Lipinski definition) is 1. The fraction of sp³-hybridized carbons (Fsp3) is 0.207. The molecule has 1 aliphatic heterocycles. The molecule has 1 N–H and O–H groups in total. The molecule has 0 fully saturated rings. The first-order valence-corrected chi connectivity index (χ1v) is 12.8. The van der Waals surface area contributed by atoms with Gasteiger partial charge in [0.25, 0.3) is 11.8 Å². The van der Waals surface area contributed by atoms with E-state index in [4.69, 9.17) is 9.47 Å². The molecule has 0 aliphatic carbocycles. The number of hydrogen-bond acceptors (Lipinski definition) is 7. The summed E-state index contributed by atoms with van der Waals surface area (Å²) < 4.78 is 10.7. The van der Waals surface area contributed by atoms with Crippen molar-refractivity contribution >= 4 is 40.9 Å². The van der Waals surface area contributed by atoms with E-state index in [2.05, 4.69) is 5.32 Å². The highest BCUT2D eigenvalue weighted by atomic mass is 32.2. The molecule has 1 aliphatic rings. The minimum Gasteiger partial charge on any atom is -0.494 e. The Balaban J connectivity index is 1.65. The number of ether oxygens (including phenoxy) is 2. The molecule has 0 saturated carbocycles. The van der Waals surface area contributed by atoms with Crippen LogP contribution in [0.4, 0.5) is 11.4 Å². The quantitative estimate of drug-likeness (QED) is 0.278. The van der Waals surface area contributed by atoms with E-state index in [9.17, 15) is 14.4 Å². The van der Waals surface area contributed by atoms with Crippen molar-refractivity contribution in [1.82, 2.24) is 0 Å². The first kappa shape index (κ1) is 26.0. The summed E-state index contributed by atoms with van der Waals surface area (Å²) in [5.74, 6) is -0.678. The minimum absolute atomic E-state index is 0.183. The maximum atomic E-state index is 13.6. The van der Waals surface area contributed by atoms with E-state index in [1.807, 2.05) is 38.1 Å². The number of imide groups is 1. The molecule has 0 spiro atoms. The highest BCUT2D eigenvalue weighted by Crippen LogP contribution is 2.38. The van der Waals surface area contributed by atoms with Crippen LogP contribution in [0.25, 0.3) is 0 Å². The Kier molecular flexibility index (Phi) is 7.98. The molecule has 0 bridgehead atoms. The van der Waals surface area contributed by atoms with Gasteiger partial charge in [0.2, 0.25) is 0 Å². The molecule has 3 aromatic carbocycles. The largest absolute Gasteiger partial charge is 0.494 e. The molecule has 0 unspecified atom stereocenters. The van der Waals surface area contributed by atoms with Crippen LogP contribution in [0, 0.1) is 6.92 Å². The number of rotatable bonds is 9. The van der Waals surface area contributed by atoms with Crippen LogP contribution >= 0.6 is 11.8 Å². The van der Waals surface area contributed by atoms with Gasteiger partial charge in [-0.15, -0.1) is 0 Å². The zero-order valence-corrected chi connectivity index (χ0v) is 21.9. The summed E-state index contributed by atoms with van der Waals surface area (Å²) in [6, 6.07) is 21.2. The molecule has 8 heteroatoms. The SMILES string of the molecule is CCOc1ccc(NC2=C(Sc3ccc(C)cc3)C(=O)N(c3ccc(C(=O)OC(C)C)cc3)C2=O)cc1. The van der Waals surface area contributed by atoms with Crippen molar-refractivity contribution in [3.63, 3.8) is 0 Å². The van der Waals surface area contributed by atoms with Gasteiger partial charge in [0.05, 0.1) is 24.0 Å². The summed E-state index contributed by atoms with van der Waals surface area (Å²) in [7, 11) is 0. The number of aryl methyl sites for hydroxylation is 1. The highest BCUT2D eigenvalue weighted by molar-refractivity contribution is 8.04. The van der Waals surface area contributed by atoms with Crippen LogP contribution in [0.3, 0.4) is 0 Å². The Labute approximate surface area is 220 Å². The van der Waals surface area contributed by atoms with Gasteiger partial charge in [-0.25, -0.2) is 9.69 Å². The van der Waals surface area contributed by atoms with Gasteiger partial charge >= 0.3 is 5.97 Å². The molecule has 7 nitrogen and oxygen atoms in total. The van der Waals surface area contributed by atoms with Gasteiger partial charge < -0.3 is 14.8 Å². The van der Waals surface area contributed by atoms with Crippen molar-refractivity contribution in [2.75, 3.05) is 16.8 Å². The zero-order valence-electron chi connectivity index (χ0n) is 21.1. The number of carbonyl (C=O) groups excluding carboxylic acids is 3. The summed E-state index contributed by atoms with van der Waals surface area (Å²) in [5, 5.41) is 3.14. The van der Waals surface area contributed by atoms with Gasteiger partial charge in [-0.2, -0.15) is 0 Å². The van der Waals surface area contributed by atoms with Crippen molar-refractivity contribution in [3.05, 3.63) is 94.5 Å². The Morgan fingerprint density at radius 3 is 2.16 bits per heavy atom. The molecular weight excluding hydrogens is 488 g/mol. The van der Waals surface area contributed by atoms with Gasteiger partial charge in [-0.1, -0.05) is 29.5 Å². The van der Waals surface area contributed by atoms with Crippen molar-refractivity contribution in [2.24, 2.45) is 0 Å². The van der Waals surface area contributed by atoms with Crippen LogP contribution in [0.2, 0.25) is 0 Å². The van der Waals surface area contributed by atoms with E-state index in [0.29, 0.717) is 29.3 Å². The first-order valence-electron chi connectivity index (χ1n) is 11.9. The number of nitrogens with zero attached hydrogens (tertiary/aromatic N) is 1. The summed E-state index contributed by atoms with van der Waals surface area (Å²) in [6.07, 6.45) is -0.254.